The molecular formula is C19H24BF3N4O3. The fourth-order valence-electron chi connectivity index (χ4n) is 3.77. The minimum atomic E-state index is -4.47. The van der Waals surface area contributed by atoms with Crippen LogP contribution in [-0.4, -0.2) is 58.9 Å². The van der Waals surface area contributed by atoms with Gasteiger partial charge >= 0.3 is 19.3 Å². The molecule has 1 aliphatic rings. The van der Waals surface area contributed by atoms with Crippen molar-refractivity contribution in [1.82, 2.24) is 20.2 Å². The third-order valence-electron chi connectivity index (χ3n) is 5.30. The molecule has 0 aromatic carbocycles. The molecule has 2 aromatic heterocycles. The number of aromatic nitrogens is 2. The molecule has 0 aliphatic carbocycles. The SMILES string of the molecule is C=C(c1c(OB(C)O)cnc2[nH]ccc12)[C@@H]1CN(C(=O)NCC(F)(F)F)CCC1C. The smallest absolute Gasteiger partial charge is 0.519 e. The van der Waals surface area contributed by atoms with Gasteiger partial charge in [0, 0.05) is 36.2 Å². The molecule has 2 atom stereocenters. The van der Waals surface area contributed by atoms with Crippen LogP contribution in [-0.2, 0) is 0 Å². The highest BCUT2D eigenvalue weighted by molar-refractivity contribution is 6.41. The molecule has 2 aromatic rings. The van der Waals surface area contributed by atoms with Crippen LogP contribution in [0.1, 0.15) is 18.9 Å². The number of aromatic amines is 1. The normalized spacial score (nSPS) is 19.6. The molecule has 0 radical (unpaired) electrons. The van der Waals surface area contributed by atoms with Crippen LogP contribution in [0.2, 0.25) is 6.82 Å². The summed E-state index contributed by atoms with van der Waals surface area (Å²) in [6.45, 7) is 6.95. The Labute approximate surface area is 172 Å². The van der Waals surface area contributed by atoms with Crippen molar-refractivity contribution in [2.24, 2.45) is 11.8 Å². The average Bonchev–Trinajstić information content (AvgIpc) is 3.13. The van der Waals surface area contributed by atoms with Crippen molar-refractivity contribution >= 4 is 29.8 Å². The number of H-pyrrole nitrogens is 1. The predicted octanol–water partition coefficient (Wildman–Crippen LogP) is 3.30. The molecule has 0 saturated carbocycles. The van der Waals surface area contributed by atoms with Crippen LogP contribution < -0.4 is 9.97 Å². The number of piperidine rings is 1. The second-order valence-electron chi connectivity index (χ2n) is 7.57. The second kappa shape index (κ2) is 8.59. The summed E-state index contributed by atoms with van der Waals surface area (Å²) in [5.41, 5.74) is 1.96. The first-order chi connectivity index (χ1) is 14.1. The number of alkyl halides is 3. The minimum Gasteiger partial charge on any atom is -0.535 e. The van der Waals surface area contributed by atoms with E-state index in [2.05, 4.69) is 16.5 Å². The lowest BCUT2D eigenvalue weighted by atomic mass is 9.79. The van der Waals surface area contributed by atoms with E-state index in [-0.39, 0.29) is 18.4 Å². The summed E-state index contributed by atoms with van der Waals surface area (Å²) in [5.74, 6) is 0.297. The molecule has 3 rings (SSSR count). The van der Waals surface area contributed by atoms with Crippen molar-refractivity contribution in [2.45, 2.75) is 26.3 Å². The number of amides is 2. The van der Waals surface area contributed by atoms with Gasteiger partial charge in [0.1, 0.15) is 17.9 Å². The summed E-state index contributed by atoms with van der Waals surface area (Å²) in [6, 6.07) is 1.07. The molecule has 0 bridgehead atoms. The van der Waals surface area contributed by atoms with Gasteiger partial charge in [-0.1, -0.05) is 13.5 Å². The van der Waals surface area contributed by atoms with Gasteiger partial charge < -0.3 is 24.9 Å². The molecule has 0 spiro atoms. The maximum Gasteiger partial charge on any atom is 0.519 e. The Kier molecular flexibility index (Phi) is 6.30. The number of rotatable bonds is 5. The van der Waals surface area contributed by atoms with Crippen LogP contribution in [0.15, 0.2) is 25.0 Å². The number of nitrogens with one attached hydrogen (secondary N) is 2. The Morgan fingerprint density at radius 3 is 2.93 bits per heavy atom. The standard InChI is InChI=1S/C19H24BF3N4O3/c1-11-5-7-27(18(28)26-10-19(21,22)23)9-14(11)12(2)16-13-4-6-24-17(13)25-8-15(16)30-20(3)29/h4,6,8,11,14,29H,2,5,7,9-10H2,1,3H3,(H,24,25)(H,26,28)/t11?,14-/m1/s1. The molecule has 1 fully saturated rings. The van der Waals surface area contributed by atoms with Crippen LogP contribution in [0.5, 0.6) is 5.75 Å². The number of nitrogens with zero attached hydrogens (tertiary/aromatic N) is 2. The number of likely N-dealkylation sites (tertiary alicyclic amines) is 1. The summed E-state index contributed by atoms with van der Waals surface area (Å²) in [4.78, 5) is 20.9. The Morgan fingerprint density at radius 1 is 1.53 bits per heavy atom. The maximum absolute atomic E-state index is 12.4. The van der Waals surface area contributed by atoms with Crippen molar-refractivity contribution in [3.63, 3.8) is 0 Å². The Morgan fingerprint density at radius 2 is 2.27 bits per heavy atom. The average molecular weight is 424 g/mol. The molecule has 1 unspecified atom stereocenters. The second-order valence-corrected chi connectivity index (χ2v) is 7.57. The van der Waals surface area contributed by atoms with Gasteiger partial charge in [-0.3, -0.25) is 0 Å². The number of pyridine rings is 1. The van der Waals surface area contributed by atoms with E-state index in [0.29, 0.717) is 35.5 Å². The maximum atomic E-state index is 12.4. The van der Waals surface area contributed by atoms with Gasteiger partial charge in [0.2, 0.25) is 0 Å². The highest BCUT2D eigenvalue weighted by atomic mass is 19.4. The van der Waals surface area contributed by atoms with Gasteiger partial charge in [0.15, 0.2) is 0 Å². The number of hydrogen-bond donors (Lipinski definition) is 3. The minimum absolute atomic E-state index is 0.144. The molecule has 7 nitrogen and oxygen atoms in total. The predicted molar refractivity (Wildman–Crippen MR) is 108 cm³/mol. The van der Waals surface area contributed by atoms with Crippen molar-refractivity contribution in [3.8, 4) is 5.75 Å². The summed E-state index contributed by atoms with van der Waals surface area (Å²) in [5, 5.41) is 12.4. The van der Waals surface area contributed by atoms with E-state index < -0.39 is 25.9 Å². The topological polar surface area (TPSA) is 90.5 Å². The zero-order chi connectivity index (χ0) is 22.1. The fraction of sp³-hybridized carbons (Fsp3) is 0.474. The number of fused-ring (bicyclic) bond motifs is 1. The lowest BCUT2D eigenvalue weighted by molar-refractivity contribution is -0.123. The quantitative estimate of drug-likeness (QED) is 0.643. The molecular weight excluding hydrogens is 400 g/mol. The zero-order valence-electron chi connectivity index (χ0n) is 16.8. The monoisotopic (exact) mass is 424 g/mol. The van der Waals surface area contributed by atoms with Gasteiger partial charge in [-0.15, -0.1) is 0 Å². The number of carbonyl (C=O) groups is 1. The zero-order valence-corrected chi connectivity index (χ0v) is 16.8. The summed E-state index contributed by atoms with van der Waals surface area (Å²) >= 11 is 0. The van der Waals surface area contributed by atoms with Crippen molar-refractivity contribution in [3.05, 3.63) is 30.6 Å². The van der Waals surface area contributed by atoms with E-state index in [4.69, 9.17) is 4.65 Å². The first-order valence-corrected chi connectivity index (χ1v) is 9.66. The molecule has 11 heteroatoms. The van der Waals surface area contributed by atoms with Crippen LogP contribution in [0.3, 0.4) is 0 Å². The van der Waals surface area contributed by atoms with Crippen LogP contribution in [0.4, 0.5) is 18.0 Å². The van der Waals surface area contributed by atoms with Crippen LogP contribution in [0, 0.1) is 11.8 Å². The van der Waals surface area contributed by atoms with E-state index >= 15 is 0 Å². The molecule has 162 valence electrons. The lowest BCUT2D eigenvalue weighted by Gasteiger charge is -2.38. The Balaban J connectivity index is 1.86. The van der Waals surface area contributed by atoms with Crippen molar-refractivity contribution in [2.75, 3.05) is 19.6 Å². The number of urea groups is 1. The van der Waals surface area contributed by atoms with Gasteiger partial charge in [-0.25, -0.2) is 9.78 Å². The van der Waals surface area contributed by atoms with Crippen LogP contribution in [0.25, 0.3) is 16.6 Å². The van der Waals surface area contributed by atoms with E-state index in [0.717, 1.165) is 5.39 Å². The van der Waals surface area contributed by atoms with E-state index in [1.54, 1.807) is 6.20 Å². The molecule has 3 N–H and O–H groups in total. The Bertz CT molecular complexity index is 931. The van der Waals surface area contributed by atoms with Gasteiger partial charge in [0.25, 0.3) is 0 Å². The van der Waals surface area contributed by atoms with Gasteiger partial charge in [-0.2, -0.15) is 13.2 Å². The lowest BCUT2D eigenvalue weighted by Crippen LogP contribution is -2.49. The summed E-state index contributed by atoms with van der Waals surface area (Å²) in [7, 11) is -1.07. The third-order valence-corrected chi connectivity index (χ3v) is 5.30. The first kappa shape index (κ1) is 22.0. The molecule has 30 heavy (non-hydrogen) atoms. The summed E-state index contributed by atoms with van der Waals surface area (Å²) < 4.78 is 42.9. The van der Waals surface area contributed by atoms with Crippen molar-refractivity contribution < 1.29 is 27.6 Å². The van der Waals surface area contributed by atoms with E-state index in [9.17, 15) is 23.0 Å². The molecule has 3 heterocycles. The molecule has 1 saturated heterocycles. The largest absolute Gasteiger partial charge is 0.535 e. The molecule has 1 aliphatic heterocycles. The molecule has 2 amide bonds. The third kappa shape index (κ3) is 4.89. The van der Waals surface area contributed by atoms with Crippen LogP contribution >= 0.6 is 0 Å². The highest BCUT2D eigenvalue weighted by Crippen LogP contribution is 2.40. The highest BCUT2D eigenvalue weighted by Gasteiger charge is 2.34. The fourth-order valence-corrected chi connectivity index (χ4v) is 3.77. The van der Waals surface area contributed by atoms with Gasteiger partial charge in [0.05, 0.1) is 6.20 Å². The first-order valence-electron chi connectivity index (χ1n) is 9.66. The number of carbonyl (C=O) groups excluding carboxylic acids is 1. The van der Waals surface area contributed by atoms with Gasteiger partial charge in [-0.05, 0) is 30.8 Å². The number of hydrogen-bond acceptors (Lipinski definition) is 4. The Hall–Kier alpha value is -2.69. The number of halogens is 3. The van der Waals surface area contributed by atoms with E-state index in [1.165, 1.54) is 17.9 Å². The summed E-state index contributed by atoms with van der Waals surface area (Å²) in [6.07, 6.45) is -0.627. The van der Waals surface area contributed by atoms with Crippen molar-refractivity contribution in [1.29, 1.82) is 0 Å². The van der Waals surface area contributed by atoms with E-state index in [1.807, 2.05) is 18.3 Å².